The van der Waals surface area contributed by atoms with E-state index in [0.29, 0.717) is 23.1 Å². The summed E-state index contributed by atoms with van der Waals surface area (Å²) in [6, 6.07) is 12.1. The molecule has 23 heavy (non-hydrogen) atoms. The van der Waals surface area contributed by atoms with Gasteiger partial charge in [-0.3, -0.25) is 9.89 Å². The van der Waals surface area contributed by atoms with E-state index in [1.54, 1.807) is 6.92 Å². The molecule has 0 fully saturated rings. The number of carbonyl (C=O) groups is 1. The molecule has 2 N–H and O–H groups in total. The van der Waals surface area contributed by atoms with Gasteiger partial charge in [0.05, 0.1) is 16.9 Å². The van der Waals surface area contributed by atoms with Gasteiger partial charge in [0.1, 0.15) is 17.3 Å². The summed E-state index contributed by atoms with van der Waals surface area (Å²) in [5.41, 5.74) is 2.24. The van der Waals surface area contributed by atoms with Gasteiger partial charge >= 0.3 is 0 Å². The van der Waals surface area contributed by atoms with Crippen LogP contribution in [0.2, 0.25) is 0 Å². The minimum absolute atomic E-state index is 0.231. The van der Waals surface area contributed by atoms with Crippen molar-refractivity contribution in [2.75, 3.05) is 5.32 Å². The van der Waals surface area contributed by atoms with E-state index in [1.165, 1.54) is 0 Å². The van der Waals surface area contributed by atoms with Crippen LogP contribution in [-0.4, -0.2) is 16.1 Å². The number of hydrogen-bond donors (Lipinski definition) is 2. The number of benzene rings is 2. The Balaban J connectivity index is 1.94. The summed E-state index contributed by atoms with van der Waals surface area (Å²) in [4.78, 5) is 12.3. The number of anilines is 1. The van der Waals surface area contributed by atoms with Crippen molar-refractivity contribution < 1.29 is 13.6 Å². The van der Waals surface area contributed by atoms with Crippen LogP contribution in [0.1, 0.15) is 16.1 Å². The van der Waals surface area contributed by atoms with Gasteiger partial charge in [-0.1, -0.05) is 30.3 Å². The molecule has 0 unspecified atom stereocenters. The standard InChI is InChI=1S/C17H13F2N3O/c1-10-15(16(22-21-10)11-5-3-2-4-6-11)20-17(23)13-8-7-12(18)9-14(13)19/h2-9H,1H3,(H,20,23)(H,21,22). The van der Waals surface area contributed by atoms with Gasteiger partial charge in [0, 0.05) is 11.6 Å². The van der Waals surface area contributed by atoms with Crippen LogP contribution in [-0.2, 0) is 0 Å². The van der Waals surface area contributed by atoms with Crippen LogP contribution in [0.15, 0.2) is 48.5 Å². The molecule has 1 heterocycles. The molecule has 0 aliphatic carbocycles. The predicted molar refractivity (Wildman–Crippen MR) is 83.1 cm³/mol. The Hall–Kier alpha value is -3.02. The maximum absolute atomic E-state index is 13.7. The summed E-state index contributed by atoms with van der Waals surface area (Å²) in [5.74, 6) is -2.31. The minimum atomic E-state index is -0.912. The molecule has 3 rings (SSSR count). The number of H-pyrrole nitrogens is 1. The Labute approximate surface area is 131 Å². The normalized spacial score (nSPS) is 10.6. The largest absolute Gasteiger partial charge is 0.318 e. The Kier molecular flexibility index (Phi) is 3.89. The van der Waals surface area contributed by atoms with E-state index in [9.17, 15) is 13.6 Å². The second-order valence-electron chi connectivity index (χ2n) is 5.02. The Morgan fingerprint density at radius 1 is 1.13 bits per heavy atom. The number of hydrogen-bond acceptors (Lipinski definition) is 2. The lowest BCUT2D eigenvalue weighted by atomic mass is 10.1. The predicted octanol–water partition coefficient (Wildman–Crippen LogP) is 3.92. The highest BCUT2D eigenvalue weighted by Crippen LogP contribution is 2.28. The van der Waals surface area contributed by atoms with Gasteiger partial charge in [0.2, 0.25) is 0 Å². The first-order valence-electron chi connectivity index (χ1n) is 6.93. The Morgan fingerprint density at radius 2 is 1.87 bits per heavy atom. The molecule has 0 spiro atoms. The second-order valence-corrected chi connectivity index (χ2v) is 5.02. The molecule has 3 aromatic rings. The first-order chi connectivity index (χ1) is 11.1. The van der Waals surface area contributed by atoms with Crippen molar-refractivity contribution >= 4 is 11.6 Å². The van der Waals surface area contributed by atoms with Gasteiger partial charge in [-0.05, 0) is 19.1 Å². The maximum atomic E-state index is 13.7. The summed E-state index contributed by atoms with van der Waals surface area (Å²) in [7, 11) is 0. The summed E-state index contributed by atoms with van der Waals surface area (Å²) in [6.07, 6.45) is 0. The summed E-state index contributed by atoms with van der Waals surface area (Å²) >= 11 is 0. The summed E-state index contributed by atoms with van der Waals surface area (Å²) in [6.45, 7) is 1.75. The van der Waals surface area contributed by atoms with E-state index in [4.69, 9.17) is 0 Å². The van der Waals surface area contributed by atoms with Crippen molar-refractivity contribution in [2.24, 2.45) is 0 Å². The number of nitrogens with zero attached hydrogens (tertiary/aromatic N) is 1. The van der Waals surface area contributed by atoms with Gasteiger partial charge in [-0.15, -0.1) is 0 Å². The smallest absolute Gasteiger partial charge is 0.258 e. The lowest BCUT2D eigenvalue weighted by molar-refractivity contribution is 0.102. The SMILES string of the molecule is Cc1[nH]nc(-c2ccccc2)c1NC(=O)c1ccc(F)cc1F. The van der Waals surface area contributed by atoms with Gasteiger partial charge < -0.3 is 5.32 Å². The Morgan fingerprint density at radius 3 is 2.57 bits per heavy atom. The molecule has 1 amide bonds. The van der Waals surface area contributed by atoms with E-state index < -0.39 is 17.5 Å². The number of carbonyl (C=O) groups excluding carboxylic acids is 1. The highest BCUT2D eigenvalue weighted by atomic mass is 19.1. The van der Waals surface area contributed by atoms with Gasteiger partial charge in [-0.2, -0.15) is 5.10 Å². The average Bonchev–Trinajstić information content (AvgIpc) is 2.89. The van der Waals surface area contributed by atoms with Crippen LogP contribution in [0.3, 0.4) is 0 Å². The topological polar surface area (TPSA) is 57.8 Å². The highest BCUT2D eigenvalue weighted by molar-refractivity contribution is 6.06. The van der Waals surface area contributed by atoms with Crippen molar-refractivity contribution in [3.05, 3.63) is 71.4 Å². The fraction of sp³-hybridized carbons (Fsp3) is 0.0588. The fourth-order valence-electron chi connectivity index (χ4n) is 2.24. The molecular formula is C17H13F2N3O. The Bertz CT molecular complexity index is 860. The molecule has 116 valence electrons. The van der Waals surface area contributed by atoms with E-state index >= 15 is 0 Å². The highest BCUT2D eigenvalue weighted by Gasteiger charge is 2.18. The van der Waals surface area contributed by atoms with Crippen LogP contribution in [0.25, 0.3) is 11.3 Å². The molecule has 6 heteroatoms. The third-order valence-corrected chi connectivity index (χ3v) is 3.41. The van der Waals surface area contributed by atoms with E-state index in [0.717, 1.165) is 17.7 Å². The number of aryl methyl sites for hydroxylation is 1. The molecular weight excluding hydrogens is 300 g/mol. The minimum Gasteiger partial charge on any atom is -0.318 e. The molecule has 2 aromatic carbocycles. The van der Waals surface area contributed by atoms with Crippen molar-refractivity contribution in [1.82, 2.24) is 10.2 Å². The molecule has 0 atom stereocenters. The van der Waals surface area contributed by atoms with Crippen molar-refractivity contribution in [3.63, 3.8) is 0 Å². The quantitative estimate of drug-likeness (QED) is 0.770. The van der Waals surface area contributed by atoms with Crippen molar-refractivity contribution in [2.45, 2.75) is 6.92 Å². The van der Waals surface area contributed by atoms with Gasteiger partial charge in [0.15, 0.2) is 0 Å². The second kappa shape index (κ2) is 6.00. The first-order valence-corrected chi connectivity index (χ1v) is 6.93. The number of amides is 1. The maximum Gasteiger partial charge on any atom is 0.258 e. The molecule has 4 nitrogen and oxygen atoms in total. The molecule has 1 aromatic heterocycles. The molecule has 0 radical (unpaired) electrons. The molecule has 0 aliphatic rings. The zero-order chi connectivity index (χ0) is 16.4. The number of nitrogens with one attached hydrogen (secondary N) is 2. The molecule has 0 aliphatic heterocycles. The van der Waals surface area contributed by atoms with E-state index in [2.05, 4.69) is 15.5 Å². The first kappa shape index (κ1) is 14.9. The summed E-state index contributed by atoms with van der Waals surface area (Å²) in [5, 5.41) is 9.61. The number of rotatable bonds is 3. The average molecular weight is 313 g/mol. The number of aromatic nitrogens is 2. The van der Waals surface area contributed by atoms with Crippen LogP contribution < -0.4 is 5.32 Å². The van der Waals surface area contributed by atoms with Crippen LogP contribution in [0.4, 0.5) is 14.5 Å². The fourth-order valence-corrected chi connectivity index (χ4v) is 2.24. The monoisotopic (exact) mass is 313 g/mol. The zero-order valence-electron chi connectivity index (χ0n) is 12.2. The van der Waals surface area contributed by atoms with Crippen LogP contribution in [0, 0.1) is 18.6 Å². The number of aromatic amines is 1. The zero-order valence-corrected chi connectivity index (χ0v) is 12.2. The third kappa shape index (κ3) is 2.96. The van der Waals surface area contributed by atoms with Gasteiger partial charge in [-0.25, -0.2) is 8.78 Å². The molecule has 0 bridgehead atoms. The van der Waals surface area contributed by atoms with Crippen LogP contribution >= 0.6 is 0 Å². The lowest BCUT2D eigenvalue weighted by Crippen LogP contribution is -2.14. The molecule has 0 saturated carbocycles. The number of halogens is 2. The van der Waals surface area contributed by atoms with Crippen LogP contribution in [0.5, 0.6) is 0 Å². The molecule has 0 saturated heterocycles. The van der Waals surface area contributed by atoms with Gasteiger partial charge in [0.25, 0.3) is 5.91 Å². The van der Waals surface area contributed by atoms with E-state index in [1.807, 2.05) is 30.3 Å². The van der Waals surface area contributed by atoms with Crippen molar-refractivity contribution in [1.29, 1.82) is 0 Å². The summed E-state index contributed by atoms with van der Waals surface area (Å²) < 4.78 is 26.7. The van der Waals surface area contributed by atoms with E-state index in [-0.39, 0.29) is 5.56 Å². The lowest BCUT2D eigenvalue weighted by Gasteiger charge is -2.08. The van der Waals surface area contributed by atoms with Crippen molar-refractivity contribution in [3.8, 4) is 11.3 Å². The third-order valence-electron chi connectivity index (χ3n) is 3.41.